The molecular formula is C16H21N3O2. The van der Waals surface area contributed by atoms with E-state index in [4.69, 9.17) is 4.74 Å². The molecule has 0 aliphatic carbocycles. The van der Waals surface area contributed by atoms with Crippen LogP contribution in [-0.4, -0.2) is 54.5 Å². The summed E-state index contributed by atoms with van der Waals surface area (Å²) in [6.07, 6.45) is 1.26. The summed E-state index contributed by atoms with van der Waals surface area (Å²) in [5, 5.41) is 6.19. The van der Waals surface area contributed by atoms with E-state index in [-0.39, 0.29) is 5.91 Å². The van der Waals surface area contributed by atoms with Gasteiger partial charge in [0.2, 0.25) is 5.91 Å². The second-order valence-electron chi connectivity index (χ2n) is 5.58. The lowest BCUT2D eigenvalue weighted by Crippen LogP contribution is -2.45. The highest BCUT2D eigenvalue weighted by molar-refractivity contribution is 6.04. The number of morpholine rings is 1. The summed E-state index contributed by atoms with van der Waals surface area (Å²) in [6, 6.07) is 8.33. The predicted molar refractivity (Wildman–Crippen MR) is 81.1 cm³/mol. The third kappa shape index (κ3) is 3.49. The first kappa shape index (κ1) is 14.2. The van der Waals surface area contributed by atoms with Crippen molar-refractivity contribution in [2.75, 3.05) is 33.0 Å². The number of aryl methyl sites for hydroxylation is 1. The van der Waals surface area contributed by atoms with Gasteiger partial charge in [-0.15, -0.1) is 0 Å². The van der Waals surface area contributed by atoms with E-state index in [1.807, 2.05) is 0 Å². The fraction of sp³-hybridized carbons (Fsp3) is 0.500. The summed E-state index contributed by atoms with van der Waals surface area (Å²) in [6.45, 7) is 5.82. The first-order valence-electron chi connectivity index (χ1n) is 7.47. The molecule has 5 nitrogen and oxygen atoms in total. The van der Waals surface area contributed by atoms with Crippen LogP contribution in [-0.2, 0) is 9.53 Å². The van der Waals surface area contributed by atoms with Crippen molar-refractivity contribution < 1.29 is 9.53 Å². The first-order valence-corrected chi connectivity index (χ1v) is 7.47. The van der Waals surface area contributed by atoms with Gasteiger partial charge >= 0.3 is 0 Å². The number of carbonyl (C=O) groups is 1. The molecule has 0 spiro atoms. The molecule has 0 bridgehead atoms. The molecule has 2 heterocycles. The topological polar surface area (TPSA) is 45.1 Å². The van der Waals surface area contributed by atoms with E-state index in [1.165, 1.54) is 5.56 Å². The smallest absolute Gasteiger partial charge is 0.244 e. The Morgan fingerprint density at radius 3 is 2.57 bits per heavy atom. The van der Waals surface area contributed by atoms with Crippen LogP contribution in [0.3, 0.4) is 0 Å². The predicted octanol–water partition coefficient (Wildman–Crippen LogP) is 1.61. The quantitative estimate of drug-likeness (QED) is 0.848. The molecule has 2 aliphatic rings. The normalized spacial score (nSPS) is 20.5. The second kappa shape index (κ2) is 6.37. The number of ether oxygens (including phenoxy) is 1. The Morgan fingerprint density at radius 1 is 1.14 bits per heavy atom. The summed E-state index contributed by atoms with van der Waals surface area (Å²) in [7, 11) is 0. The lowest BCUT2D eigenvalue weighted by molar-refractivity contribution is -0.135. The van der Waals surface area contributed by atoms with Crippen molar-refractivity contribution in [3.8, 4) is 0 Å². The standard InChI is InChI=1S/C16H21N3O2/c1-13-2-4-14(5-3-13)15-6-7-16(20)19(17-15)12-18-8-10-21-11-9-18/h2-5H,6-12H2,1H3. The van der Waals surface area contributed by atoms with Crippen molar-refractivity contribution in [3.63, 3.8) is 0 Å². The summed E-state index contributed by atoms with van der Waals surface area (Å²) < 4.78 is 5.34. The van der Waals surface area contributed by atoms with Crippen molar-refractivity contribution in [1.29, 1.82) is 0 Å². The van der Waals surface area contributed by atoms with Crippen molar-refractivity contribution in [2.45, 2.75) is 19.8 Å². The zero-order valence-corrected chi connectivity index (χ0v) is 12.4. The highest BCUT2D eigenvalue weighted by atomic mass is 16.5. The molecule has 1 aromatic rings. The largest absolute Gasteiger partial charge is 0.379 e. The van der Waals surface area contributed by atoms with Crippen LogP contribution in [0.25, 0.3) is 0 Å². The number of carbonyl (C=O) groups excluding carboxylic acids is 1. The van der Waals surface area contributed by atoms with E-state index in [0.717, 1.165) is 44.0 Å². The van der Waals surface area contributed by atoms with Gasteiger partial charge in [0.15, 0.2) is 0 Å². The molecule has 0 N–H and O–H groups in total. The van der Waals surface area contributed by atoms with Gasteiger partial charge < -0.3 is 4.74 Å². The van der Waals surface area contributed by atoms with Crippen LogP contribution in [0.1, 0.15) is 24.0 Å². The van der Waals surface area contributed by atoms with Crippen molar-refractivity contribution >= 4 is 11.6 Å². The zero-order valence-electron chi connectivity index (χ0n) is 12.4. The molecule has 3 rings (SSSR count). The summed E-state index contributed by atoms with van der Waals surface area (Å²) in [4.78, 5) is 14.3. The van der Waals surface area contributed by atoms with Crippen molar-refractivity contribution in [1.82, 2.24) is 9.91 Å². The van der Waals surface area contributed by atoms with Crippen LogP contribution < -0.4 is 0 Å². The highest BCUT2D eigenvalue weighted by Crippen LogP contribution is 2.16. The highest BCUT2D eigenvalue weighted by Gasteiger charge is 2.23. The summed E-state index contributed by atoms with van der Waals surface area (Å²) in [5.74, 6) is 0.109. The molecule has 1 amide bonds. The van der Waals surface area contributed by atoms with Crippen LogP contribution in [0.2, 0.25) is 0 Å². The lowest BCUT2D eigenvalue weighted by Gasteiger charge is -2.32. The van der Waals surface area contributed by atoms with E-state index in [1.54, 1.807) is 5.01 Å². The number of benzene rings is 1. The Kier molecular flexibility index (Phi) is 4.31. The van der Waals surface area contributed by atoms with Gasteiger partial charge in [-0.05, 0) is 12.5 Å². The number of nitrogens with zero attached hydrogens (tertiary/aromatic N) is 3. The minimum atomic E-state index is 0.109. The number of rotatable bonds is 3. The number of hydrazone groups is 1. The molecular weight excluding hydrogens is 266 g/mol. The van der Waals surface area contributed by atoms with Crippen LogP contribution in [0.4, 0.5) is 0 Å². The minimum absolute atomic E-state index is 0.109. The van der Waals surface area contributed by atoms with Gasteiger partial charge in [-0.1, -0.05) is 29.8 Å². The Labute approximate surface area is 125 Å². The fourth-order valence-electron chi connectivity index (χ4n) is 2.60. The van der Waals surface area contributed by atoms with Gasteiger partial charge in [-0.2, -0.15) is 5.10 Å². The molecule has 0 saturated carbocycles. The molecule has 1 saturated heterocycles. The van der Waals surface area contributed by atoms with E-state index in [2.05, 4.69) is 41.2 Å². The van der Waals surface area contributed by atoms with Crippen LogP contribution >= 0.6 is 0 Å². The average Bonchev–Trinajstić information content (AvgIpc) is 2.51. The van der Waals surface area contributed by atoms with E-state index >= 15 is 0 Å². The maximum Gasteiger partial charge on any atom is 0.244 e. The van der Waals surface area contributed by atoms with E-state index in [9.17, 15) is 4.79 Å². The maximum absolute atomic E-state index is 12.1. The van der Waals surface area contributed by atoms with E-state index < -0.39 is 0 Å². The molecule has 0 radical (unpaired) electrons. The summed E-state index contributed by atoms with van der Waals surface area (Å²) in [5.41, 5.74) is 3.35. The number of hydrogen-bond donors (Lipinski definition) is 0. The van der Waals surface area contributed by atoms with Crippen LogP contribution in [0.15, 0.2) is 29.4 Å². The van der Waals surface area contributed by atoms with E-state index in [0.29, 0.717) is 13.1 Å². The van der Waals surface area contributed by atoms with Gasteiger partial charge in [-0.25, -0.2) is 5.01 Å². The molecule has 1 fully saturated rings. The van der Waals surface area contributed by atoms with Gasteiger partial charge in [0.25, 0.3) is 0 Å². The lowest BCUT2D eigenvalue weighted by atomic mass is 10.0. The monoisotopic (exact) mass is 287 g/mol. The SMILES string of the molecule is Cc1ccc(C2=NN(CN3CCOCC3)C(=O)CC2)cc1. The van der Waals surface area contributed by atoms with Crippen LogP contribution in [0.5, 0.6) is 0 Å². The summed E-state index contributed by atoms with van der Waals surface area (Å²) >= 11 is 0. The molecule has 0 aromatic heterocycles. The van der Waals surface area contributed by atoms with Crippen molar-refractivity contribution in [2.24, 2.45) is 5.10 Å². The number of hydrogen-bond acceptors (Lipinski definition) is 4. The molecule has 21 heavy (non-hydrogen) atoms. The molecule has 2 aliphatic heterocycles. The molecule has 112 valence electrons. The second-order valence-corrected chi connectivity index (χ2v) is 5.58. The zero-order chi connectivity index (χ0) is 14.7. The Hall–Kier alpha value is -1.72. The van der Waals surface area contributed by atoms with Gasteiger partial charge in [-0.3, -0.25) is 9.69 Å². The Bertz CT molecular complexity index is 533. The van der Waals surface area contributed by atoms with Crippen LogP contribution in [0, 0.1) is 6.92 Å². The molecule has 0 unspecified atom stereocenters. The number of amides is 1. The minimum Gasteiger partial charge on any atom is -0.379 e. The Morgan fingerprint density at radius 2 is 1.86 bits per heavy atom. The third-order valence-electron chi connectivity index (χ3n) is 3.93. The molecule has 0 atom stereocenters. The maximum atomic E-state index is 12.1. The molecule has 5 heteroatoms. The fourth-order valence-corrected chi connectivity index (χ4v) is 2.60. The molecule has 1 aromatic carbocycles. The van der Waals surface area contributed by atoms with Crippen molar-refractivity contribution in [3.05, 3.63) is 35.4 Å². The van der Waals surface area contributed by atoms with Gasteiger partial charge in [0.05, 0.1) is 25.6 Å². The first-order chi connectivity index (χ1) is 10.2. The third-order valence-corrected chi connectivity index (χ3v) is 3.93. The Balaban J connectivity index is 1.74. The van der Waals surface area contributed by atoms with Gasteiger partial charge in [0, 0.05) is 25.9 Å². The average molecular weight is 287 g/mol. The van der Waals surface area contributed by atoms with Gasteiger partial charge in [0.1, 0.15) is 0 Å².